The molecule has 1 saturated heterocycles. The Balaban J connectivity index is 1.73. The minimum Gasteiger partial charge on any atom is -0.296 e. The van der Waals surface area contributed by atoms with Gasteiger partial charge in [0, 0.05) is 13.1 Å². The largest absolute Gasteiger partial charge is 0.296 e. The number of para-hydroxylation sites is 1. The van der Waals surface area contributed by atoms with Gasteiger partial charge < -0.3 is 0 Å². The number of azo groups is 1. The van der Waals surface area contributed by atoms with Crippen molar-refractivity contribution >= 4 is 22.4 Å². The topological polar surface area (TPSA) is 45.8 Å². The first-order chi connectivity index (χ1) is 11.4. The zero-order valence-electron chi connectivity index (χ0n) is 13.0. The molecule has 0 aliphatic carbocycles. The van der Waals surface area contributed by atoms with Crippen LogP contribution in [-0.4, -0.2) is 23.0 Å². The van der Waals surface area contributed by atoms with Crippen LogP contribution in [0.1, 0.15) is 19.3 Å². The summed E-state index contributed by atoms with van der Waals surface area (Å²) in [7, 11) is 0. The van der Waals surface area contributed by atoms with E-state index in [1.54, 1.807) is 0 Å². The third-order valence-corrected chi connectivity index (χ3v) is 4.17. The summed E-state index contributed by atoms with van der Waals surface area (Å²) in [6, 6.07) is 18.0. The number of hydrogen-bond donors (Lipinski definition) is 0. The molecule has 0 bridgehead atoms. The van der Waals surface area contributed by atoms with E-state index in [9.17, 15) is 0 Å². The number of piperidine rings is 1. The summed E-state index contributed by atoms with van der Waals surface area (Å²) in [6.07, 6.45) is 3.74. The molecule has 0 unspecified atom stereocenters. The number of hydrogen-bond acceptors (Lipinski definition) is 4. The number of nitrogens with zero attached hydrogens (tertiary/aromatic N) is 5. The Morgan fingerprint density at radius 2 is 1.52 bits per heavy atom. The van der Waals surface area contributed by atoms with E-state index in [1.165, 1.54) is 19.3 Å². The molecule has 116 valence electrons. The molecule has 2 aromatic carbocycles. The fraction of sp³-hybridized carbons (Fsp3) is 0.278. The van der Waals surface area contributed by atoms with Gasteiger partial charge in [-0.05, 0) is 43.5 Å². The second-order valence-electron chi connectivity index (χ2n) is 5.78. The molecule has 0 N–H and O–H groups in total. The molecule has 5 heteroatoms. The van der Waals surface area contributed by atoms with Crippen molar-refractivity contribution in [3.63, 3.8) is 0 Å². The minimum absolute atomic E-state index is 0.676. The van der Waals surface area contributed by atoms with E-state index in [0.29, 0.717) is 5.82 Å². The maximum atomic E-state index is 4.71. The van der Waals surface area contributed by atoms with E-state index in [4.69, 9.17) is 5.10 Å². The maximum absolute atomic E-state index is 4.71. The van der Waals surface area contributed by atoms with Crippen molar-refractivity contribution in [3.8, 4) is 0 Å². The predicted octanol–water partition coefficient (Wildman–Crippen LogP) is 4.57. The smallest absolute Gasteiger partial charge is 0.205 e. The highest BCUT2D eigenvalue weighted by Crippen LogP contribution is 2.27. The van der Waals surface area contributed by atoms with Crippen LogP contribution in [0.3, 0.4) is 0 Å². The molecule has 1 aliphatic rings. The van der Waals surface area contributed by atoms with Gasteiger partial charge in [-0.15, -0.1) is 15.3 Å². The Morgan fingerprint density at radius 3 is 2.35 bits per heavy atom. The van der Waals surface area contributed by atoms with E-state index < -0.39 is 0 Å². The first-order valence-electron chi connectivity index (χ1n) is 8.11. The van der Waals surface area contributed by atoms with E-state index in [1.807, 2.05) is 47.3 Å². The fourth-order valence-electron chi connectivity index (χ4n) is 2.99. The number of aromatic nitrogens is 2. The van der Waals surface area contributed by atoms with Crippen LogP contribution in [0.4, 0.5) is 11.5 Å². The lowest BCUT2D eigenvalue weighted by Crippen LogP contribution is -2.39. The Hall–Kier alpha value is -2.69. The van der Waals surface area contributed by atoms with Crippen LogP contribution >= 0.6 is 0 Å². The van der Waals surface area contributed by atoms with Crippen molar-refractivity contribution in [2.45, 2.75) is 19.3 Å². The Bertz CT molecular complexity index is 816. The lowest BCUT2D eigenvalue weighted by atomic mass is 10.2. The molecule has 1 fully saturated rings. The molecule has 3 aromatic rings. The van der Waals surface area contributed by atoms with Crippen LogP contribution in [0.15, 0.2) is 64.8 Å². The van der Waals surface area contributed by atoms with Gasteiger partial charge in [0.1, 0.15) is 0 Å². The van der Waals surface area contributed by atoms with Gasteiger partial charge in [-0.25, -0.2) is 0 Å². The molecule has 0 atom stereocenters. The van der Waals surface area contributed by atoms with E-state index in [0.717, 1.165) is 29.7 Å². The molecule has 23 heavy (non-hydrogen) atoms. The van der Waals surface area contributed by atoms with Crippen molar-refractivity contribution < 1.29 is 0 Å². The van der Waals surface area contributed by atoms with Crippen LogP contribution in [-0.2, 0) is 0 Å². The normalized spacial score (nSPS) is 15.6. The Morgan fingerprint density at radius 1 is 0.783 bits per heavy atom. The average Bonchev–Trinajstić information content (AvgIpc) is 3.01. The van der Waals surface area contributed by atoms with Gasteiger partial charge in [-0.2, -0.15) is 4.79 Å². The average molecular weight is 305 g/mol. The summed E-state index contributed by atoms with van der Waals surface area (Å²) < 4.78 is 0. The molecular formula is C18H19N5. The van der Waals surface area contributed by atoms with Crippen LogP contribution in [0, 0.1) is 0 Å². The number of rotatable bonds is 3. The second-order valence-corrected chi connectivity index (χ2v) is 5.78. The van der Waals surface area contributed by atoms with Crippen LogP contribution in [0.2, 0.25) is 0 Å². The zero-order valence-corrected chi connectivity index (χ0v) is 13.0. The molecule has 0 amide bonds. The molecule has 1 aliphatic heterocycles. The molecule has 1 aromatic heterocycles. The van der Waals surface area contributed by atoms with E-state index >= 15 is 0 Å². The summed E-state index contributed by atoms with van der Waals surface area (Å²) >= 11 is 0. The van der Waals surface area contributed by atoms with Crippen molar-refractivity contribution in [2.75, 3.05) is 18.1 Å². The summed E-state index contributed by atoms with van der Waals surface area (Å²) in [5, 5.41) is 16.8. The molecule has 0 saturated carbocycles. The van der Waals surface area contributed by atoms with Gasteiger partial charge in [-0.1, -0.05) is 30.3 Å². The first kappa shape index (κ1) is 13.9. The Labute approximate surface area is 135 Å². The van der Waals surface area contributed by atoms with Gasteiger partial charge in [-0.3, -0.25) is 5.01 Å². The quantitative estimate of drug-likeness (QED) is 0.665. The fourth-order valence-corrected chi connectivity index (χ4v) is 2.99. The molecule has 0 radical (unpaired) electrons. The van der Waals surface area contributed by atoms with Crippen LogP contribution < -0.4 is 5.01 Å². The highest BCUT2D eigenvalue weighted by atomic mass is 15.7. The van der Waals surface area contributed by atoms with Crippen molar-refractivity contribution in [1.29, 1.82) is 0 Å². The van der Waals surface area contributed by atoms with Gasteiger partial charge in [0.2, 0.25) is 5.82 Å². The third-order valence-electron chi connectivity index (χ3n) is 4.17. The van der Waals surface area contributed by atoms with Crippen molar-refractivity contribution in [1.82, 2.24) is 9.89 Å². The highest BCUT2D eigenvalue weighted by molar-refractivity contribution is 5.88. The number of benzene rings is 2. The first-order valence-corrected chi connectivity index (χ1v) is 8.11. The summed E-state index contributed by atoms with van der Waals surface area (Å²) in [5.41, 5.74) is 1.93. The minimum atomic E-state index is 0.676. The van der Waals surface area contributed by atoms with Crippen LogP contribution in [0.25, 0.3) is 10.9 Å². The van der Waals surface area contributed by atoms with E-state index in [2.05, 4.69) is 27.4 Å². The summed E-state index contributed by atoms with van der Waals surface area (Å²) in [4.78, 5) is 2.01. The molecular weight excluding hydrogens is 286 g/mol. The summed E-state index contributed by atoms with van der Waals surface area (Å²) in [5.74, 6) is 0.676. The SMILES string of the molecule is c1ccc(N=Nc2nn(N3CCCCC3)c3ccccc23)cc1. The molecule has 4 rings (SSSR count). The van der Waals surface area contributed by atoms with Crippen molar-refractivity contribution in [2.24, 2.45) is 10.2 Å². The molecule has 5 nitrogen and oxygen atoms in total. The van der Waals surface area contributed by atoms with Gasteiger partial charge in [0.15, 0.2) is 0 Å². The van der Waals surface area contributed by atoms with Gasteiger partial charge in [0.05, 0.1) is 16.6 Å². The van der Waals surface area contributed by atoms with Crippen molar-refractivity contribution in [3.05, 3.63) is 54.6 Å². The van der Waals surface area contributed by atoms with Crippen LogP contribution in [0.5, 0.6) is 0 Å². The van der Waals surface area contributed by atoms with Gasteiger partial charge in [0.25, 0.3) is 0 Å². The monoisotopic (exact) mass is 305 g/mol. The molecule has 2 heterocycles. The van der Waals surface area contributed by atoms with Gasteiger partial charge >= 0.3 is 0 Å². The molecule has 0 spiro atoms. The highest BCUT2D eigenvalue weighted by Gasteiger charge is 2.16. The summed E-state index contributed by atoms with van der Waals surface area (Å²) in [6.45, 7) is 2.09. The second kappa shape index (κ2) is 6.20. The predicted molar refractivity (Wildman–Crippen MR) is 92.2 cm³/mol. The third kappa shape index (κ3) is 2.82. The zero-order chi connectivity index (χ0) is 15.5. The standard InChI is InChI=1S/C18H19N5/c1-3-9-15(10-4-1)19-20-18-16-11-5-6-12-17(16)23(21-18)22-13-7-2-8-14-22/h1,3-6,9-12H,2,7-8,13-14H2. The lowest BCUT2D eigenvalue weighted by molar-refractivity contribution is 0.458. The number of fused-ring (bicyclic) bond motifs is 1. The maximum Gasteiger partial charge on any atom is 0.205 e. The van der Waals surface area contributed by atoms with E-state index in [-0.39, 0.29) is 0 Å². The lowest BCUT2D eigenvalue weighted by Gasteiger charge is -2.28. The Kier molecular flexibility index (Phi) is 3.76.